The maximum atomic E-state index is 9.56. The zero-order valence-corrected chi connectivity index (χ0v) is 12.2. The summed E-state index contributed by atoms with van der Waals surface area (Å²) in [6, 6.07) is 4.36. The first kappa shape index (κ1) is 14.4. The van der Waals surface area contributed by atoms with Gasteiger partial charge in [0, 0.05) is 44.6 Å². The molecule has 19 heavy (non-hydrogen) atoms. The molecule has 1 unspecified atom stereocenters. The lowest BCUT2D eigenvalue weighted by atomic mass is 9.92. The minimum absolute atomic E-state index is 0.222. The number of nitrogens with zero attached hydrogens (tertiary/aromatic N) is 3. The van der Waals surface area contributed by atoms with Gasteiger partial charge in [-0.05, 0) is 30.2 Å². The highest BCUT2D eigenvalue weighted by molar-refractivity contribution is 5.09. The lowest BCUT2D eigenvalue weighted by Crippen LogP contribution is -2.41. The van der Waals surface area contributed by atoms with Gasteiger partial charge in [0.2, 0.25) is 0 Å². The number of aliphatic hydroxyl groups is 1. The van der Waals surface area contributed by atoms with Crippen LogP contribution in [-0.4, -0.2) is 59.2 Å². The van der Waals surface area contributed by atoms with Gasteiger partial charge < -0.3 is 5.11 Å². The fourth-order valence-electron chi connectivity index (χ4n) is 3.03. The number of hydrogen-bond acceptors (Lipinski definition) is 4. The van der Waals surface area contributed by atoms with Crippen molar-refractivity contribution in [3.63, 3.8) is 0 Å². The first-order chi connectivity index (χ1) is 9.00. The summed E-state index contributed by atoms with van der Waals surface area (Å²) in [5.74, 6) is 0. The fourth-order valence-corrected chi connectivity index (χ4v) is 3.03. The van der Waals surface area contributed by atoms with Gasteiger partial charge in [0.05, 0.1) is 6.61 Å². The molecule has 0 bridgehead atoms. The Morgan fingerprint density at radius 3 is 2.63 bits per heavy atom. The third kappa shape index (κ3) is 4.00. The molecule has 1 aliphatic heterocycles. The van der Waals surface area contributed by atoms with Crippen LogP contribution >= 0.6 is 0 Å². The van der Waals surface area contributed by atoms with Gasteiger partial charge >= 0.3 is 0 Å². The van der Waals surface area contributed by atoms with E-state index in [1.807, 2.05) is 12.4 Å². The molecule has 106 valence electrons. The molecule has 0 spiro atoms. The van der Waals surface area contributed by atoms with Gasteiger partial charge in [0.25, 0.3) is 0 Å². The molecule has 1 N–H and O–H groups in total. The highest BCUT2D eigenvalue weighted by atomic mass is 16.3. The predicted octanol–water partition coefficient (Wildman–Crippen LogP) is 1.22. The summed E-state index contributed by atoms with van der Waals surface area (Å²) >= 11 is 0. The van der Waals surface area contributed by atoms with E-state index in [0.29, 0.717) is 0 Å². The SMILES string of the molecule is CN1CC(C)(C)CN(Cc2ccncc2)CC1CO. The van der Waals surface area contributed by atoms with Crippen LogP contribution in [0.1, 0.15) is 19.4 Å². The molecule has 4 heteroatoms. The minimum atomic E-state index is 0.222. The Balaban J connectivity index is 2.10. The molecule has 2 rings (SSSR count). The van der Waals surface area contributed by atoms with E-state index >= 15 is 0 Å². The van der Waals surface area contributed by atoms with E-state index in [1.54, 1.807) is 0 Å². The second-order valence-corrected chi connectivity index (χ2v) is 6.44. The van der Waals surface area contributed by atoms with Gasteiger partial charge in [0.15, 0.2) is 0 Å². The summed E-state index contributed by atoms with van der Waals surface area (Å²) in [4.78, 5) is 8.79. The van der Waals surface area contributed by atoms with Gasteiger partial charge in [-0.3, -0.25) is 14.8 Å². The predicted molar refractivity (Wildman–Crippen MR) is 76.8 cm³/mol. The molecule has 4 nitrogen and oxygen atoms in total. The third-order valence-corrected chi connectivity index (χ3v) is 3.79. The second-order valence-electron chi connectivity index (χ2n) is 6.44. The molecule has 0 radical (unpaired) electrons. The Labute approximate surface area is 116 Å². The Bertz CT molecular complexity index is 394. The van der Waals surface area contributed by atoms with E-state index in [2.05, 4.69) is 47.8 Å². The zero-order valence-electron chi connectivity index (χ0n) is 12.2. The standard InChI is InChI=1S/C15H25N3O/c1-15(2)11-17(3)14(10-19)9-18(12-15)8-13-4-6-16-7-5-13/h4-7,14,19H,8-12H2,1-3H3. The van der Waals surface area contributed by atoms with Crippen LogP contribution in [-0.2, 0) is 6.54 Å². The molecule has 1 aliphatic rings. The zero-order chi connectivity index (χ0) is 13.9. The summed E-state index contributed by atoms with van der Waals surface area (Å²) in [5, 5.41) is 9.56. The van der Waals surface area contributed by atoms with Crippen molar-refractivity contribution in [2.75, 3.05) is 33.3 Å². The Morgan fingerprint density at radius 1 is 1.32 bits per heavy atom. The lowest BCUT2D eigenvalue weighted by Gasteiger charge is -2.30. The molecule has 1 aromatic rings. The number of pyridine rings is 1. The Kier molecular flexibility index (Phi) is 4.55. The summed E-state index contributed by atoms with van der Waals surface area (Å²) in [5.41, 5.74) is 1.53. The number of hydrogen-bond donors (Lipinski definition) is 1. The van der Waals surface area contributed by atoms with E-state index in [4.69, 9.17) is 0 Å². The van der Waals surface area contributed by atoms with E-state index in [0.717, 1.165) is 26.2 Å². The van der Waals surface area contributed by atoms with Crippen LogP contribution in [0.3, 0.4) is 0 Å². The van der Waals surface area contributed by atoms with Crippen molar-refractivity contribution in [3.05, 3.63) is 30.1 Å². The summed E-state index contributed by atoms with van der Waals surface area (Å²) in [6.07, 6.45) is 3.68. The molecule has 1 saturated heterocycles. The average molecular weight is 263 g/mol. The van der Waals surface area contributed by atoms with Gasteiger partial charge in [-0.1, -0.05) is 13.8 Å². The maximum Gasteiger partial charge on any atom is 0.0599 e. The van der Waals surface area contributed by atoms with Crippen LogP contribution in [0.4, 0.5) is 0 Å². The fraction of sp³-hybridized carbons (Fsp3) is 0.667. The summed E-state index contributed by atoms with van der Waals surface area (Å²) in [7, 11) is 2.11. The quantitative estimate of drug-likeness (QED) is 0.890. The van der Waals surface area contributed by atoms with Crippen LogP contribution in [0.25, 0.3) is 0 Å². The molecule has 0 aromatic carbocycles. The largest absolute Gasteiger partial charge is 0.395 e. The molecule has 0 amide bonds. The number of aromatic nitrogens is 1. The van der Waals surface area contributed by atoms with Gasteiger partial charge in [-0.15, -0.1) is 0 Å². The highest BCUT2D eigenvalue weighted by Crippen LogP contribution is 2.24. The Hall–Kier alpha value is -0.970. The van der Waals surface area contributed by atoms with Crippen molar-refractivity contribution in [2.24, 2.45) is 5.41 Å². The van der Waals surface area contributed by atoms with Crippen LogP contribution in [0.2, 0.25) is 0 Å². The highest BCUT2D eigenvalue weighted by Gasteiger charge is 2.31. The van der Waals surface area contributed by atoms with Gasteiger partial charge in [0.1, 0.15) is 0 Å². The van der Waals surface area contributed by atoms with E-state index in [-0.39, 0.29) is 18.1 Å². The van der Waals surface area contributed by atoms with Gasteiger partial charge in [-0.25, -0.2) is 0 Å². The molecule has 0 aliphatic carbocycles. The monoisotopic (exact) mass is 263 g/mol. The van der Waals surface area contributed by atoms with Crippen LogP contribution in [0.5, 0.6) is 0 Å². The lowest BCUT2D eigenvalue weighted by molar-refractivity contribution is 0.125. The van der Waals surface area contributed by atoms with Crippen LogP contribution < -0.4 is 0 Å². The number of rotatable bonds is 3. The molecular formula is C15H25N3O. The molecule has 0 saturated carbocycles. The van der Waals surface area contributed by atoms with Gasteiger partial charge in [-0.2, -0.15) is 0 Å². The molecule has 1 fully saturated rings. The van der Waals surface area contributed by atoms with Crippen LogP contribution in [0.15, 0.2) is 24.5 Å². The molecule has 2 heterocycles. The molecule has 1 atom stereocenters. The normalized spacial score (nSPS) is 25.2. The van der Waals surface area contributed by atoms with Crippen molar-refractivity contribution < 1.29 is 5.11 Å². The van der Waals surface area contributed by atoms with Crippen LogP contribution in [0, 0.1) is 5.41 Å². The third-order valence-electron chi connectivity index (χ3n) is 3.79. The van der Waals surface area contributed by atoms with E-state index in [9.17, 15) is 5.11 Å². The number of likely N-dealkylation sites (N-methyl/N-ethyl adjacent to an activating group) is 1. The molecule has 1 aromatic heterocycles. The Morgan fingerprint density at radius 2 is 2.00 bits per heavy atom. The smallest absolute Gasteiger partial charge is 0.0599 e. The van der Waals surface area contributed by atoms with Crippen molar-refractivity contribution in [1.82, 2.24) is 14.8 Å². The van der Waals surface area contributed by atoms with Crippen molar-refractivity contribution in [1.29, 1.82) is 0 Å². The first-order valence-electron chi connectivity index (χ1n) is 6.92. The minimum Gasteiger partial charge on any atom is -0.395 e. The number of aliphatic hydroxyl groups excluding tert-OH is 1. The topological polar surface area (TPSA) is 39.6 Å². The summed E-state index contributed by atoms with van der Waals surface area (Å²) < 4.78 is 0. The van der Waals surface area contributed by atoms with Crippen molar-refractivity contribution >= 4 is 0 Å². The van der Waals surface area contributed by atoms with Crippen molar-refractivity contribution in [3.8, 4) is 0 Å². The van der Waals surface area contributed by atoms with E-state index < -0.39 is 0 Å². The maximum absolute atomic E-state index is 9.56. The molecular weight excluding hydrogens is 238 g/mol. The summed E-state index contributed by atoms with van der Waals surface area (Å²) in [6.45, 7) is 8.72. The first-order valence-corrected chi connectivity index (χ1v) is 6.92. The van der Waals surface area contributed by atoms with E-state index in [1.165, 1.54) is 5.56 Å². The second kappa shape index (κ2) is 5.99. The van der Waals surface area contributed by atoms with Crippen molar-refractivity contribution in [2.45, 2.75) is 26.4 Å². The average Bonchev–Trinajstić information content (AvgIpc) is 2.45.